The van der Waals surface area contributed by atoms with Crippen molar-refractivity contribution in [3.63, 3.8) is 0 Å². The minimum Gasteiger partial charge on any atom is -0.487 e. The molecule has 1 aromatic carbocycles. The lowest BCUT2D eigenvalue weighted by Crippen LogP contribution is -2.19. The van der Waals surface area contributed by atoms with Crippen molar-refractivity contribution in [3.05, 3.63) is 29.8 Å². The number of ketones is 1. The Balaban J connectivity index is 2.82. The summed E-state index contributed by atoms with van der Waals surface area (Å²) in [6.07, 6.45) is 1.06. The number of Topliss-reactive ketones (excluding diaryl/α,β-unsaturated/α-hetero) is 1. The Bertz CT molecular complexity index is 350. The molecule has 0 N–H and O–H groups in total. The monoisotopic (exact) mass is 224 g/mol. The Morgan fingerprint density at radius 2 is 2.12 bits per heavy atom. The second-order valence-corrected chi connectivity index (χ2v) is 3.74. The van der Waals surface area contributed by atoms with Gasteiger partial charge in [-0.05, 0) is 25.5 Å². The molecule has 0 saturated heterocycles. The van der Waals surface area contributed by atoms with Gasteiger partial charge in [0.1, 0.15) is 18.5 Å². The molecule has 1 rings (SSSR count). The zero-order chi connectivity index (χ0) is 12.0. The fourth-order valence-corrected chi connectivity index (χ4v) is 1.53. The molecule has 0 heterocycles. The van der Waals surface area contributed by atoms with Gasteiger partial charge in [0.25, 0.3) is 0 Å². The van der Waals surface area contributed by atoms with Crippen LogP contribution in [-0.2, 0) is 0 Å². The van der Waals surface area contributed by atoms with E-state index in [9.17, 15) is 9.18 Å². The molecular formula is C13H17FO2. The summed E-state index contributed by atoms with van der Waals surface area (Å²) in [6.45, 7) is 2.93. The highest BCUT2D eigenvalue weighted by Crippen LogP contribution is 2.21. The average Bonchev–Trinajstić information content (AvgIpc) is 2.29. The molecule has 0 aliphatic heterocycles. The largest absolute Gasteiger partial charge is 0.487 e. The Hall–Kier alpha value is -1.38. The second-order valence-electron chi connectivity index (χ2n) is 3.74. The highest BCUT2D eigenvalue weighted by atomic mass is 19.1. The van der Waals surface area contributed by atoms with Crippen molar-refractivity contribution in [2.45, 2.75) is 32.8 Å². The third-order valence-corrected chi connectivity index (χ3v) is 2.34. The van der Waals surface area contributed by atoms with Gasteiger partial charge in [0.15, 0.2) is 5.78 Å². The zero-order valence-electron chi connectivity index (χ0n) is 9.70. The van der Waals surface area contributed by atoms with Crippen molar-refractivity contribution in [3.8, 4) is 5.75 Å². The van der Waals surface area contributed by atoms with E-state index in [-0.39, 0.29) is 5.78 Å². The third-order valence-electron chi connectivity index (χ3n) is 2.34. The number of ether oxygens (including phenoxy) is 1. The van der Waals surface area contributed by atoms with Crippen molar-refractivity contribution in [1.82, 2.24) is 0 Å². The van der Waals surface area contributed by atoms with E-state index in [2.05, 4.69) is 0 Å². The van der Waals surface area contributed by atoms with Crippen LogP contribution in [0.4, 0.5) is 4.39 Å². The second kappa shape index (κ2) is 6.26. The van der Waals surface area contributed by atoms with Gasteiger partial charge >= 0.3 is 0 Å². The lowest BCUT2D eigenvalue weighted by molar-refractivity contribution is 0.100. The van der Waals surface area contributed by atoms with Gasteiger partial charge in [-0.25, -0.2) is 4.39 Å². The topological polar surface area (TPSA) is 26.3 Å². The predicted octanol–water partition coefficient (Wildman–Crippen LogP) is 3.41. The van der Waals surface area contributed by atoms with Crippen LogP contribution in [0.2, 0.25) is 0 Å². The fraction of sp³-hybridized carbons (Fsp3) is 0.462. The maximum Gasteiger partial charge on any atom is 0.163 e. The number of halogens is 1. The minimum absolute atomic E-state index is 0.0651. The van der Waals surface area contributed by atoms with E-state index in [1.807, 2.05) is 6.92 Å². The van der Waals surface area contributed by atoms with E-state index in [1.54, 1.807) is 24.3 Å². The Kier molecular flexibility index (Phi) is 4.96. The summed E-state index contributed by atoms with van der Waals surface area (Å²) in [4.78, 5) is 11.3. The van der Waals surface area contributed by atoms with Gasteiger partial charge in [-0.15, -0.1) is 0 Å². The number of benzene rings is 1. The molecule has 0 aromatic heterocycles. The molecule has 0 radical (unpaired) electrons. The summed E-state index contributed by atoms with van der Waals surface area (Å²) < 4.78 is 18.2. The van der Waals surface area contributed by atoms with Crippen LogP contribution in [0.25, 0.3) is 0 Å². The quantitative estimate of drug-likeness (QED) is 0.692. The van der Waals surface area contributed by atoms with Crippen molar-refractivity contribution in [1.29, 1.82) is 0 Å². The average molecular weight is 224 g/mol. The first kappa shape index (κ1) is 12.7. The summed E-state index contributed by atoms with van der Waals surface area (Å²) in [5.74, 6) is 0.413. The number of para-hydroxylation sites is 1. The molecule has 16 heavy (non-hydrogen) atoms. The number of alkyl halides is 1. The van der Waals surface area contributed by atoms with Gasteiger partial charge in [-0.3, -0.25) is 4.79 Å². The van der Waals surface area contributed by atoms with Crippen LogP contribution in [0.5, 0.6) is 5.75 Å². The molecule has 0 aliphatic rings. The lowest BCUT2D eigenvalue weighted by Gasteiger charge is -2.16. The summed E-state index contributed by atoms with van der Waals surface area (Å²) in [7, 11) is 0. The van der Waals surface area contributed by atoms with Crippen molar-refractivity contribution >= 4 is 5.78 Å². The standard InChI is InChI=1S/C13H17FO2/c1-3-6-11(9-14)16-13-8-5-4-7-12(13)10(2)15/h4-5,7-8,11H,3,6,9H2,1-2H3/t11-/m1/s1. The molecule has 1 atom stereocenters. The molecule has 0 fully saturated rings. The van der Waals surface area contributed by atoms with Gasteiger partial charge in [-0.2, -0.15) is 0 Å². The molecular weight excluding hydrogens is 207 g/mol. The maximum absolute atomic E-state index is 12.7. The SMILES string of the molecule is CCC[C@H](CF)Oc1ccccc1C(C)=O. The van der Waals surface area contributed by atoms with Crippen LogP contribution in [0, 0.1) is 0 Å². The zero-order valence-corrected chi connectivity index (χ0v) is 9.70. The van der Waals surface area contributed by atoms with E-state index >= 15 is 0 Å². The molecule has 0 spiro atoms. The molecule has 88 valence electrons. The number of carbonyl (C=O) groups is 1. The van der Waals surface area contributed by atoms with Gasteiger partial charge in [0.05, 0.1) is 5.56 Å². The number of rotatable bonds is 6. The van der Waals surface area contributed by atoms with Gasteiger partial charge in [0.2, 0.25) is 0 Å². The summed E-state index contributed by atoms with van der Waals surface area (Å²) in [5, 5.41) is 0. The molecule has 0 aliphatic carbocycles. The van der Waals surface area contributed by atoms with E-state index in [4.69, 9.17) is 4.74 Å². The van der Waals surface area contributed by atoms with E-state index < -0.39 is 12.8 Å². The fourth-order valence-electron chi connectivity index (χ4n) is 1.53. The van der Waals surface area contributed by atoms with Crippen LogP contribution >= 0.6 is 0 Å². The Morgan fingerprint density at radius 3 is 2.69 bits per heavy atom. The number of hydrogen-bond acceptors (Lipinski definition) is 2. The Morgan fingerprint density at radius 1 is 1.44 bits per heavy atom. The molecule has 0 unspecified atom stereocenters. The third kappa shape index (κ3) is 3.33. The van der Waals surface area contributed by atoms with Crippen LogP contribution in [0.3, 0.4) is 0 Å². The molecule has 0 amide bonds. The summed E-state index contributed by atoms with van der Waals surface area (Å²) >= 11 is 0. The number of hydrogen-bond donors (Lipinski definition) is 0. The van der Waals surface area contributed by atoms with Crippen LogP contribution in [-0.4, -0.2) is 18.6 Å². The van der Waals surface area contributed by atoms with Crippen LogP contribution in [0.15, 0.2) is 24.3 Å². The molecule has 1 aromatic rings. The maximum atomic E-state index is 12.7. The van der Waals surface area contributed by atoms with E-state index in [1.165, 1.54) is 6.92 Å². The summed E-state index contributed by atoms with van der Waals surface area (Å²) in [6, 6.07) is 6.95. The minimum atomic E-state index is -0.528. The van der Waals surface area contributed by atoms with Crippen molar-refractivity contribution in [2.24, 2.45) is 0 Å². The van der Waals surface area contributed by atoms with Gasteiger partial charge in [-0.1, -0.05) is 25.5 Å². The van der Waals surface area contributed by atoms with E-state index in [0.717, 1.165) is 6.42 Å². The number of carbonyl (C=O) groups excluding carboxylic acids is 1. The van der Waals surface area contributed by atoms with Gasteiger partial charge < -0.3 is 4.74 Å². The molecule has 0 saturated carbocycles. The first-order valence-corrected chi connectivity index (χ1v) is 5.51. The predicted molar refractivity (Wildman–Crippen MR) is 61.7 cm³/mol. The highest BCUT2D eigenvalue weighted by molar-refractivity contribution is 5.96. The smallest absolute Gasteiger partial charge is 0.163 e. The normalized spacial score (nSPS) is 12.2. The first-order chi connectivity index (χ1) is 7.69. The summed E-state index contributed by atoms with van der Waals surface area (Å²) in [5.41, 5.74) is 0.511. The first-order valence-electron chi connectivity index (χ1n) is 5.51. The highest BCUT2D eigenvalue weighted by Gasteiger charge is 2.13. The lowest BCUT2D eigenvalue weighted by atomic mass is 10.1. The van der Waals surface area contributed by atoms with Crippen molar-refractivity contribution < 1.29 is 13.9 Å². The van der Waals surface area contributed by atoms with Crippen molar-refractivity contribution in [2.75, 3.05) is 6.67 Å². The molecule has 3 heteroatoms. The molecule has 0 bridgehead atoms. The van der Waals surface area contributed by atoms with Crippen LogP contribution in [0.1, 0.15) is 37.0 Å². The molecule has 2 nitrogen and oxygen atoms in total. The van der Waals surface area contributed by atoms with Gasteiger partial charge in [0, 0.05) is 0 Å². The van der Waals surface area contributed by atoms with E-state index in [0.29, 0.717) is 17.7 Å². The Labute approximate surface area is 95.4 Å². The van der Waals surface area contributed by atoms with Crippen LogP contribution < -0.4 is 4.74 Å².